The first-order valence-electron chi connectivity index (χ1n) is 11.3. The molecule has 2 aliphatic rings. The van der Waals surface area contributed by atoms with Crippen LogP contribution in [0.5, 0.6) is 0 Å². The van der Waals surface area contributed by atoms with E-state index in [1.807, 2.05) is 6.08 Å². The second kappa shape index (κ2) is 8.25. The lowest BCUT2D eigenvalue weighted by Gasteiger charge is -2.31. The molecule has 0 radical (unpaired) electrons. The summed E-state index contributed by atoms with van der Waals surface area (Å²) in [6.07, 6.45) is -0.726. The van der Waals surface area contributed by atoms with E-state index in [9.17, 15) is 22.4 Å². The highest BCUT2D eigenvalue weighted by Gasteiger charge is 2.49. The molecule has 5 nitrogen and oxygen atoms in total. The summed E-state index contributed by atoms with van der Waals surface area (Å²) in [6.45, 7) is 0. The van der Waals surface area contributed by atoms with Crippen LogP contribution >= 0.6 is 0 Å². The number of nitrogens with one attached hydrogen (secondary N) is 2. The molecule has 5 rings (SSSR count). The first-order valence-corrected chi connectivity index (χ1v) is 11.3. The molecular formula is C26H24F4N4O. The van der Waals surface area contributed by atoms with Crippen molar-refractivity contribution in [2.24, 2.45) is 0 Å². The smallest absolute Gasteiger partial charge is 0.381 e. The number of para-hydroxylation sites is 1. The number of halogens is 4. The topological polar surface area (TPSA) is 57.3 Å². The van der Waals surface area contributed by atoms with Crippen LogP contribution in [0.15, 0.2) is 60.2 Å². The minimum Gasteiger partial charge on any atom is -0.381 e. The zero-order valence-corrected chi connectivity index (χ0v) is 19.2. The number of carbonyl (C=O) groups is 1. The fraction of sp³-hybridized carbons (Fsp3) is 0.308. The Balaban J connectivity index is 1.28. The lowest BCUT2D eigenvalue weighted by atomic mass is 9.89. The van der Waals surface area contributed by atoms with Gasteiger partial charge in [0.25, 0.3) is 5.91 Å². The summed E-state index contributed by atoms with van der Waals surface area (Å²) < 4.78 is 54.4. The maximum atomic E-state index is 14.3. The number of hydrogen-bond acceptors (Lipinski definition) is 4. The Bertz CT molecular complexity index is 1350. The van der Waals surface area contributed by atoms with Crippen LogP contribution in [0, 0.1) is 5.82 Å². The lowest BCUT2D eigenvalue weighted by Crippen LogP contribution is -2.43. The number of hydrogen-bond donors (Lipinski definition) is 2. The normalized spacial score (nSPS) is 21.2. The van der Waals surface area contributed by atoms with E-state index in [2.05, 4.69) is 15.6 Å². The number of pyridine rings is 1. The Morgan fingerprint density at radius 1 is 1.14 bits per heavy atom. The second-order valence-corrected chi connectivity index (χ2v) is 9.31. The maximum absolute atomic E-state index is 14.3. The molecule has 1 aromatic heterocycles. The summed E-state index contributed by atoms with van der Waals surface area (Å²) in [5.74, 6) is -0.832. The third kappa shape index (κ3) is 4.42. The van der Waals surface area contributed by atoms with E-state index < -0.39 is 23.2 Å². The van der Waals surface area contributed by atoms with Gasteiger partial charge in [-0.3, -0.25) is 4.79 Å². The van der Waals surface area contributed by atoms with E-state index in [1.54, 1.807) is 55.4 Å². The van der Waals surface area contributed by atoms with Gasteiger partial charge in [0.2, 0.25) is 0 Å². The fourth-order valence-electron chi connectivity index (χ4n) is 4.75. The largest absolute Gasteiger partial charge is 0.433 e. The van der Waals surface area contributed by atoms with Gasteiger partial charge in [0.05, 0.1) is 16.7 Å². The molecule has 0 bridgehead atoms. The molecule has 1 saturated carbocycles. The molecule has 1 fully saturated rings. The molecule has 1 amide bonds. The van der Waals surface area contributed by atoms with Crippen LogP contribution in [0.25, 0.3) is 10.9 Å². The van der Waals surface area contributed by atoms with Gasteiger partial charge in [0.1, 0.15) is 11.5 Å². The third-order valence-electron chi connectivity index (χ3n) is 6.66. The van der Waals surface area contributed by atoms with E-state index in [0.29, 0.717) is 36.0 Å². The zero-order chi connectivity index (χ0) is 25.0. The fourth-order valence-corrected chi connectivity index (χ4v) is 4.75. The predicted octanol–water partition coefficient (Wildman–Crippen LogP) is 5.53. The highest BCUT2D eigenvalue weighted by Crippen LogP contribution is 2.47. The Morgan fingerprint density at radius 3 is 2.60 bits per heavy atom. The highest BCUT2D eigenvalue weighted by atomic mass is 19.4. The highest BCUT2D eigenvalue weighted by molar-refractivity contribution is 5.96. The van der Waals surface area contributed by atoms with Gasteiger partial charge >= 0.3 is 6.18 Å². The molecule has 2 atom stereocenters. The molecule has 182 valence electrons. The molecular weight excluding hydrogens is 460 g/mol. The second-order valence-electron chi connectivity index (χ2n) is 9.31. The Morgan fingerprint density at radius 2 is 1.91 bits per heavy atom. The molecule has 35 heavy (non-hydrogen) atoms. The summed E-state index contributed by atoms with van der Waals surface area (Å²) in [4.78, 5) is 18.2. The van der Waals surface area contributed by atoms with Gasteiger partial charge in [-0.05, 0) is 55.2 Å². The lowest BCUT2D eigenvalue weighted by molar-refractivity contribution is -0.140. The van der Waals surface area contributed by atoms with Gasteiger partial charge in [-0.1, -0.05) is 24.3 Å². The van der Waals surface area contributed by atoms with Crippen molar-refractivity contribution in [1.29, 1.82) is 0 Å². The van der Waals surface area contributed by atoms with E-state index in [-0.39, 0.29) is 23.0 Å². The predicted molar refractivity (Wildman–Crippen MR) is 127 cm³/mol. The van der Waals surface area contributed by atoms with Crippen molar-refractivity contribution in [3.05, 3.63) is 77.3 Å². The van der Waals surface area contributed by atoms with Crippen molar-refractivity contribution in [2.45, 2.75) is 37.0 Å². The summed E-state index contributed by atoms with van der Waals surface area (Å²) in [7, 11) is 3.45. The number of amides is 1. The van der Waals surface area contributed by atoms with Gasteiger partial charge in [-0.25, -0.2) is 9.37 Å². The minimum absolute atomic E-state index is 0.0857. The van der Waals surface area contributed by atoms with Crippen molar-refractivity contribution in [3.63, 3.8) is 0 Å². The standard InChI is InChI=1S/C26H24F4N4O/c1-34(2)22-8-7-15(11-19(22)27)24(35)33-25-10-9-17(12-16(25)14-25)31-21-13-23(26(28,29)30)32-20-6-4-3-5-18(20)21/h3-8,11,13-14,17H,9-10,12H2,1-2H3,(H,31,32)(H,33,35)/t17?,25-/m0/s1. The third-order valence-corrected chi connectivity index (χ3v) is 6.66. The Kier molecular flexibility index (Phi) is 5.45. The Labute approximate surface area is 199 Å². The minimum atomic E-state index is -4.55. The number of alkyl halides is 3. The Hall–Kier alpha value is -3.62. The molecule has 2 aromatic carbocycles. The van der Waals surface area contributed by atoms with Gasteiger partial charge < -0.3 is 15.5 Å². The average Bonchev–Trinajstić information content (AvgIpc) is 3.51. The van der Waals surface area contributed by atoms with Gasteiger partial charge in [-0.15, -0.1) is 0 Å². The van der Waals surface area contributed by atoms with Gasteiger partial charge in [0.15, 0.2) is 0 Å². The van der Waals surface area contributed by atoms with Crippen molar-refractivity contribution < 1.29 is 22.4 Å². The van der Waals surface area contributed by atoms with Crippen molar-refractivity contribution in [2.75, 3.05) is 24.3 Å². The molecule has 1 heterocycles. The van der Waals surface area contributed by atoms with Crippen molar-refractivity contribution in [1.82, 2.24) is 10.3 Å². The van der Waals surface area contributed by atoms with Gasteiger partial charge in [0, 0.05) is 36.8 Å². The van der Waals surface area contributed by atoms with Gasteiger partial charge in [-0.2, -0.15) is 13.2 Å². The van der Waals surface area contributed by atoms with E-state index >= 15 is 0 Å². The summed E-state index contributed by atoms with van der Waals surface area (Å²) in [5, 5.41) is 6.90. The number of carbonyl (C=O) groups excluding carboxylic acids is 1. The number of fused-ring (bicyclic) bond motifs is 2. The molecule has 2 N–H and O–H groups in total. The number of anilines is 2. The van der Waals surface area contributed by atoms with Crippen LogP contribution in [0.1, 0.15) is 35.3 Å². The molecule has 2 aliphatic carbocycles. The van der Waals surface area contributed by atoms with Crippen molar-refractivity contribution in [3.8, 4) is 0 Å². The molecule has 0 aliphatic heterocycles. The molecule has 0 saturated heterocycles. The van der Waals surface area contributed by atoms with Crippen LogP contribution in [0.2, 0.25) is 0 Å². The first-order chi connectivity index (χ1) is 16.6. The SMILES string of the molecule is CN(C)c1ccc(C(=O)N[C@@]23C=C2CC(Nc2cc(C(F)(F)F)nc4ccccc24)CC3)cc1F. The summed E-state index contributed by atoms with van der Waals surface area (Å²) in [5.41, 5.74) is 0.856. The molecule has 0 spiro atoms. The number of rotatable bonds is 5. The molecule has 3 aromatic rings. The van der Waals surface area contributed by atoms with Crippen molar-refractivity contribution >= 4 is 28.2 Å². The number of aromatic nitrogens is 1. The molecule has 9 heteroatoms. The monoisotopic (exact) mass is 484 g/mol. The van der Waals surface area contributed by atoms with Crippen LogP contribution in [0.4, 0.5) is 28.9 Å². The number of benzene rings is 2. The number of nitrogens with zero attached hydrogens (tertiary/aromatic N) is 2. The average molecular weight is 484 g/mol. The van der Waals surface area contributed by atoms with Crippen LogP contribution in [-0.4, -0.2) is 36.6 Å². The van der Waals surface area contributed by atoms with E-state index in [1.165, 1.54) is 6.07 Å². The van der Waals surface area contributed by atoms with E-state index in [0.717, 1.165) is 11.6 Å². The first kappa shape index (κ1) is 23.1. The summed E-state index contributed by atoms with van der Waals surface area (Å²) in [6, 6.07) is 12.1. The molecule has 1 unspecified atom stereocenters. The van der Waals surface area contributed by atoms with Crippen LogP contribution < -0.4 is 15.5 Å². The van der Waals surface area contributed by atoms with Crippen LogP contribution in [0.3, 0.4) is 0 Å². The van der Waals surface area contributed by atoms with Crippen LogP contribution in [-0.2, 0) is 6.18 Å². The van der Waals surface area contributed by atoms with E-state index in [4.69, 9.17) is 0 Å². The quantitative estimate of drug-likeness (QED) is 0.369. The zero-order valence-electron chi connectivity index (χ0n) is 19.2. The summed E-state index contributed by atoms with van der Waals surface area (Å²) >= 11 is 0. The maximum Gasteiger partial charge on any atom is 0.433 e.